The molecular weight excluding hydrogens is 325 g/mol. The van der Waals surface area contributed by atoms with Crippen LogP contribution in [-0.4, -0.2) is 15.0 Å². The van der Waals surface area contributed by atoms with Crippen molar-refractivity contribution < 1.29 is 0 Å². The lowest BCUT2D eigenvalue weighted by Crippen LogP contribution is -1.88. The Morgan fingerprint density at radius 3 is 2.88 bits per heavy atom. The van der Waals surface area contributed by atoms with E-state index < -0.39 is 0 Å². The maximum Gasteiger partial charge on any atom is 0.178 e. The zero-order valence-corrected chi connectivity index (χ0v) is 11.4. The zero-order valence-electron chi connectivity index (χ0n) is 9.24. The molecule has 0 amide bonds. The van der Waals surface area contributed by atoms with E-state index in [4.69, 9.17) is 0 Å². The van der Waals surface area contributed by atoms with Crippen LogP contribution in [0.25, 0.3) is 22.6 Å². The van der Waals surface area contributed by atoms with E-state index >= 15 is 0 Å². The van der Waals surface area contributed by atoms with Gasteiger partial charge in [-0.1, -0.05) is 18.2 Å². The Labute approximate surface area is 112 Å². The third-order valence-electron chi connectivity index (χ3n) is 2.70. The minimum absolute atomic E-state index is 0.764. The van der Waals surface area contributed by atoms with Crippen molar-refractivity contribution in [2.24, 2.45) is 0 Å². The van der Waals surface area contributed by atoms with E-state index in [2.05, 4.69) is 56.6 Å². The number of H-pyrrole nitrogens is 1. The Hall–Kier alpha value is -1.43. The first-order valence-corrected chi connectivity index (χ1v) is 6.40. The van der Waals surface area contributed by atoms with E-state index in [1.54, 1.807) is 6.20 Å². The van der Waals surface area contributed by atoms with Gasteiger partial charge in [0.15, 0.2) is 5.65 Å². The van der Waals surface area contributed by atoms with Crippen LogP contribution in [0.1, 0.15) is 5.56 Å². The molecule has 0 saturated carbocycles. The van der Waals surface area contributed by atoms with Crippen LogP contribution < -0.4 is 0 Å². The van der Waals surface area contributed by atoms with E-state index in [-0.39, 0.29) is 0 Å². The summed E-state index contributed by atoms with van der Waals surface area (Å²) < 4.78 is 1.23. The summed E-state index contributed by atoms with van der Waals surface area (Å²) in [6, 6.07) is 10.1. The molecule has 84 valence electrons. The number of halogens is 1. The van der Waals surface area contributed by atoms with Crippen LogP contribution in [0.3, 0.4) is 0 Å². The largest absolute Gasteiger partial charge is 0.337 e. The number of aromatic amines is 1. The van der Waals surface area contributed by atoms with Crippen molar-refractivity contribution in [2.75, 3.05) is 0 Å². The number of hydrogen-bond donors (Lipinski definition) is 1. The molecule has 0 aliphatic rings. The second-order valence-electron chi connectivity index (χ2n) is 3.90. The minimum atomic E-state index is 0.764. The van der Waals surface area contributed by atoms with Crippen LogP contribution in [0.2, 0.25) is 0 Å². The quantitative estimate of drug-likeness (QED) is 0.691. The number of nitrogens with zero attached hydrogens (tertiary/aromatic N) is 2. The third kappa shape index (κ3) is 1.82. The summed E-state index contributed by atoms with van der Waals surface area (Å²) in [5, 5.41) is 0. The summed E-state index contributed by atoms with van der Waals surface area (Å²) in [4.78, 5) is 12.0. The molecule has 0 spiro atoms. The lowest BCUT2D eigenvalue weighted by molar-refractivity contribution is 1.28. The van der Waals surface area contributed by atoms with Gasteiger partial charge < -0.3 is 4.98 Å². The normalized spacial score (nSPS) is 10.9. The number of imidazole rings is 1. The van der Waals surface area contributed by atoms with Crippen molar-refractivity contribution in [2.45, 2.75) is 6.92 Å². The molecule has 0 aliphatic carbocycles. The molecule has 2 heterocycles. The molecule has 0 radical (unpaired) electrons. The van der Waals surface area contributed by atoms with Crippen molar-refractivity contribution >= 4 is 33.8 Å². The van der Waals surface area contributed by atoms with Crippen LogP contribution in [0.5, 0.6) is 0 Å². The molecule has 0 aliphatic heterocycles. The molecule has 3 nitrogen and oxygen atoms in total. The molecule has 3 aromatic rings. The van der Waals surface area contributed by atoms with Gasteiger partial charge in [-0.2, -0.15) is 0 Å². The zero-order chi connectivity index (χ0) is 11.8. The van der Waals surface area contributed by atoms with E-state index in [9.17, 15) is 0 Å². The van der Waals surface area contributed by atoms with Crippen LogP contribution in [0, 0.1) is 10.5 Å². The molecule has 1 N–H and O–H groups in total. The summed E-state index contributed by atoms with van der Waals surface area (Å²) in [6.07, 6.45) is 1.76. The summed E-state index contributed by atoms with van der Waals surface area (Å²) in [6.45, 7) is 2.10. The van der Waals surface area contributed by atoms with Gasteiger partial charge in [0.2, 0.25) is 0 Å². The molecule has 0 saturated heterocycles. The lowest BCUT2D eigenvalue weighted by atomic mass is 10.1. The second-order valence-corrected chi connectivity index (χ2v) is 4.98. The smallest absolute Gasteiger partial charge is 0.178 e. The molecule has 3 rings (SSSR count). The molecule has 0 fully saturated rings. The van der Waals surface area contributed by atoms with Gasteiger partial charge >= 0.3 is 0 Å². The van der Waals surface area contributed by atoms with Crippen LogP contribution in [0.4, 0.5) is 0 Å². The van der Waals surface area contributed by atoms with Gasteiger partial charge in [-0.25, -0.2) is 9.97 Å². The van der Waals surface area contributed by atoms with Crippen LogP contribution in [-0.2, 0) is 0 Å². The molecule has 4 heteroatoms. The van der Waals surface area contributed by atoms with E-state index in [0.717, 1.165) is 22.6 Å². The predicted molar refractivity (Wildman–Crippen MR) is 76.8 cm³/mol. The van der Waals surface area contributed by atoms with Gasteiger partial charge in [-0.15, -0.1) is 0 Å². The fourth-order valence-corrected chi connectivity index (χ4v) is 2.42. The Bertz CT molecular complexity index is 655. The summed E-state index contributed by atoms with van der Waals surface area (Å²) in [5.74, 6) is 0.881. The molecule has 2 aromatic heterocycles. The van der Waals surface area contributed by atoms with Crippen molar-refractivity contribution in [3.8, 4) is 11.4 Å². The Balaban J connectivity index is 2.24. The highest BCUT2D eigenvalue weighted by Crippen LogP contribution is 2.26. The topological polar surface area (TPSA) is 41.6 Å². The highest BCUT2D eigenvalue weighted by molar-refractivity contribution is 14.1. The van der Waals surface area contributed by atoms with Gasteiger partial charge in [0.1, 0.15) is 5.82 Å². The highest BCUT2D eigenvalue weighted by Gasteiger charge is 2.09. The van der Waals surface area contributed by atoms with Crippen LogP contribution in [0.15, 0.2) is 36.5 Å². The Kier molecular flexibility index (Phi) is 2.58. The van der Waals surface area contributed by atoms with Crippen LogP contribution >= 0.6 is 22.6 Å². The maximum absolute atomic E-state index is 4.51. The minimum Gasteiger partial charge on any atom is -0.337 e. The van der Waals surface area contributed by atoms with Crippen molar-refractivity contribution in [3.63, 3.8) is 0 Å². The Morgan fingerprint density at radius 1 is 1.18 bits per heavy atom. The number of nitrogens with one attached hydrogen (secondary N) is 1. The van der Waals surface area contributed by atoms with Gasteiger partial charge in [0, 0.05) is 15.3 Å². The van der Waals surface area contributed by atoms with Crippen molar-refractivity contribution in [3.05, 3.63) is 45.7 Å². The number of benzene rings is 1. The fourth-order valence-electron chi connectivity index (χ4n) is 1.80. The van der Waals surface area contributed by atoms with Gasteiger partial charge in [-0.3, -0.25) is 0 Å². The fraction of sp³-hybridized carbons (Fsp3) is 0.0769. The lowest BCUT2D eigenvalue weighted by Gasteiger charge is -2.03. The predicted octanol–water partition coefficient (Wildman–Crippen LogP) is 3.54. The maximum atomic E-state index is 4.51. The summed E-state index contributed by atoms with van der Waals surface area (Å²) >= 11 is 2.35. The molecular formula is C13H10IN3. The SMILES string of the molecule is Cc1cccc(-c2nc3ncccc3[nH]2)c1I. The number of hydrogen-bond acceptors (Lipinski definition) is 2. The molecule has 1 aromatic carbocycles. The second kappa shape index (κ2) is 4.10. The number of aryl methyl sites for hydroxylation is 1. The number of aromatic nitrogens is 3. The van der Waals surface area contributed by atoms with Crippen molar-refractivity contribution in [1.82, 2.24) is 15.0 Å². The van der Waals surface area contributed by atoms with E-state index in [0.29, 0.717) is 0 Å². The summed E-state index contributed by atoms with van der Waals surface area (Å²) in [5.41, 5.74) is 4.12. The summed E-state index contributed by atoms with van der Waals surface area (Å²) in [7, 11) is 0. The molecule has 0 bridgehead atoms. The average molecular weight is 335 g/mol. The van der Waals surface area contributed by atoms with E-state index in [1.807, 2.05) is 18.2 Å². The van der Waals surface area contributed by atoms with Gasteiger partial charge in [0.05, 0.1) is 5.52 Å². The third-order valence-corrected chi connectivity index (χ3v) is 4.14. The monoisotopic (exact) mass is 335 g/mol. The number of fused-ring (bicyclic) bond motifs is 1. The number of rotatable bonds is 1. The molecule has 17 heavy (non-hydrogen) atoms. The first kappa shape index (κ1) is 10.7. The highest BCUT2D eigenvalue weighted by atomic mass is 127. The first-order chi connectivity index (χ1) is 8.25. The average Bonchev–Trinajstić information content (AvgIpc) is 2.76. The first-order valence-electron chi connectivity index (χ1n) is 5.32. The molecule has 0 atom stereocenters. The number of pyridine rings is 1. The molecule has 0 unspecified atom stereocenters. The Morgan fingerprint density at radius 2 is 2.06 bits per heavy atom. The van der Waals surface area contributed by atoms with E-state index in [1.165, 1.54) is 9.13 Å². The van der Waals surface area contributed by atoms with Gasteiger partial charge in [0.25, 0.3) is 0 Å². The standard InChI is InChI=1S/C13H10IN3/c1-8-4-2-5-9(11(8)14)12-16-10-6-3-7-15-13(10)17-12/h2-7H,1H3,(H,15,16,17). The van der Waals surface area contributed by atoms with Crippen molar-refractivity contribution in [1.29, 1.82) is 0 Å². The van der Waals surface area contributed by atoms with Gasteiger partial charge in [-0.05, 0) is 47.2 Å².